The van der Waals surface area contributed by atoms with Gasteiger partial charge in [-0.1, -0.05) is 30.7 Å². The number of allylic oxidation sites excluding steroid dienone is 1. The fourth-order valence-corrected chi connectivity index (χ4v) is 6.41. The fraction of sp³-hybridized carbons (Fsp3) is 0.483. The third kappa shape index (κ3) is 3.94. The molecule has 0 aliphatic carbocycles. The zero-order chi connectivity index (χ0) is 25.6. The Kier molecular flexibility index (Phi) is 6.45. The van der Waals surface area contributed by atoms with E-state index in [0.29, 0.717) is 19.6 Å². The van der Waals surface area contributed by atoms with Crippen LogP contribution in [0.15, 0.2) is 42.1 Å². The highest BCUT2D eigenvalue weighted by atomic mass is 19.1. The molecule has 1 atom stereocenters. The zero-order valence-electron chi connectivity index (χ0n) is 21.9. The summed E-state index contributed by atoms with van der Waals surface area (Å²) in [5.74, 6) is 1.45. The average molecular weight is 494 g/mol. The maximum Gasteiger partial charge on any atom is 0.325 e. The van der Waals surface area contributed by atoms with Gasteiger partial charge in [-0.05, 0) is 44.4 Å². The van der Waals surface area contributed by atoms with E-state index >= 15 is 0 Å². The first-order valence-corrected chi connectivity index (χ1v) is 12.8. The van der Waals surface area contributed by atoms with Crippen molar-refractivity contribution in [3.8, 4) is 11.5 Å². The summed E-state index contributed by atoms with van der Waals surface area (Å²) in [6.07, 6.45) is 3.92. The van der Waals surface area contributed by atoms with E-state index < -0.39 is 0 Å². The van der Waals surface area contributed by atoms with Crippen LogP contribution in [-0.2, 0) is 13.1 Å². The number of carbonyl (C=O) groups is 1. The third-order valence-corrected chi connectivity index (χ3v) is 8.19. The Morgan fingerprint density at radius 3 is 2.53 bits per heavy atom. The van der Waals surface area contributed by atoms with E-state index in [1.807, 2.05) is 36.1 Å². The molecule has 3 aliphatic rings. The van der Waals surface area contributed by atoms with E-state index in [-0.39, 0.29) is 23.3 Å². The number of rotatable bonds is 5. The molecule has 0 bridgehead atoms. The van der Waals surface area contributed by atoms with Gasteiger partial charge in [-0.3, -0.25) is 9.80 Å². The number of benzene rings is 2. The molecule has 2 fully saturated rings. The van der Waals surface area contributed by atoms with Crippen molar-refractivity contribution >= 4 is 6.03 Å². The first-order chi connectivity index (χ1) is 17.3. The van der Waals surface area contributed by atoms with Crippen molar-refractivity contribution in [3.63, 3.8) is 0 Å². The summed E-state index contributed by atoms with van der Waals surface area (Å²) in [5.41, 5.74) is 4.72. The van der Waals surface area contributed by atoms with Gasteiger partial charge in [-0.15, -0.1) is 0 Å². The fourth-order valence-electron chi connectivity index (χ4n) is 6.41. The topological polar surface area (TPSA) is 45.3 Å². The molecule has 1 spiro atoms. The van der Waals surface area contributed by atoms with Gasteiger partial charge in [0.2, 0.25) is 0 Å². The molecule has 3 aliphatic heterocycles. The van der Waals surface area contributed by atoms with Gasteiger partial charge in [0.25, 0.3) is 0 Å². The molecule has 5 rings (SSSR count). The van der Waals surface area contributed by atoms with E-state index in [2.05, 4.69) is 29.7 Å². The number of urea groups is 1. The lowest BCUT2D eigenvalue weighted by molar-refractivity contribution is 0.0882. The number of amides is 2. The Balaban J connectivity index is 1.46. The molecule has 0 radical (unpaired) electrons. The summed E-state index contributed by atoms with van der Waals surface area (Å²) < 4.78 is 25.7. The summed E-state index contributed by atoms with van der Waals surface area (Å²) in [5, 5.41) is 0. The van der Waals surface area contributed by atoms with Crippen LogP contribution in [0.4, 0.5) is 9.18 Å². The molecule has 0 N–H and O–H groups in total. The maximum absolute atomic E-state index is 14.4. The zero-order valence-corrected chi connectivity index (χ0v) is 21.9. The van der Waals surface area contributed by atoms with Crippen molar-refractivity contribution < 1.29 is 18.7 Å². The third-order valence-electron chi connectivity index (χ3n) is 8.19. The lowest BCUT2D eigenvalue weighted by atomic mass is 9.82. The van der Waals surface area contributed by atoms with Crippen LogP contribution in [0.5, 0.6) is 11.5 Å². The molecule has 1 unspecified atom stereocenters. The molecule has 0 aromatic heterocycles. The predicted molar refractivity (Wildman–Crippen MR) is 138 cm³/mol. The molecular formula is C29H36FN3O3. The number of methoxy groups -OCH3 is 2. The van der Waals surface area contributed by atoms with E-state index in [1.54, 1.807) is 20.3 Å². The minimum Gasteiger partial charge on any atom is -0.497 e. The highest BCUT2D eigenvalue weighted by Crippen LogP contribution is 2.49. The lowest BCUT2D eigenvalue weighted by Crippen LogP contribution is -2.53. The highest BCUT2D eigenvalue weighted by Gasteiger charge is 2.54. The smallest absolute Gasteiger partial charge is 0.325 e. The van der Waals surface area contributed by atoms with Crippen molar-refractivity contribution in [1.82, 2.24) is 14.7 Å². The molecule has 2 aromatic rings. The quantitative estimate of drug-likeness (QED) is 0.556. The molecule has 2 amide bonds. The van der Waals surface area contributed by atoms with Crippen LogP contribution >= 0.6 is 0 Å². The first-order valence-electron chi connectivity index (χ1n) is 12.8. The number of piperidine rings is 1. The van der Waals surface area contributed by atoms with Gasteiger partial charge < -0.3 is 14.4 Å². The number of carbonyl (C=O) groups excluding carboxylic acids is 1. The molecule has 3 heterocycles. The number of aryl methyl sites for hydroxylation is 1. The van der Waals surface area contributed by atoms with Crippen molar-refractivity contribution in [2.45, 2.75) is 58.2 Å². The second kappa shape index (κ2) is 9.43. The SMILES string of the molecule is CCN1C(=O)N2Cc3cc(OC)cc(OC)c3C(C)C=C2C12CCN(Cc1cc(C)ccc1F)CC2. The van der Waals surface area contributed by atoms with E-state index in [4.69, 9.17) is 9.47 Å². The van der Waals surface area contributed by atoms with Gasteiger partial charge in [0.1, 0.15) is 17.3 Å². The summed E-state index contributed by atoms with van der Waals surface area (Å²) in [4.78, 5) is 20.1. The van der Waals surface area contributed by atoms with Gasteiger partial charge in [0.05, 0.1) is 26.3 Å². The number of ether oxygens (including phenoxy) is 2. The van der Waals surface area contributed by atoms with Gasteiger partial charge in [0.15, 0.2) is 0 Å². The summed E-state index contributed by atoms with van der Waals surface area (Å²) in [6.45, 7) is 9.58. The number of likely N-dealkylation sites (tertiary alicyclic amines) is 1. The minimum atomic E-state index is -0.346. The summed E-state index contributed by atoms with van der Waals surface area (Å²) in [6, 6.07) is 9.31. The monoisotopic (exact) mass is 493 g/mol. The van der Waals surface area contributed by atoms with Crippen molar-refractivity contribution in [1.29, 1.82) is 0 Å². The van der Waals surface area contributed by atoms with E-state index in [1.165, 1.54) is 0 Å². The van der Waals surface area contributed by atoms with Crippen LogP contribution in [0, 0.1) is 12.7 Å². The number of hydrogen-bond donors (Lipinski definition) is 0. The number of likely N-dealkylation sites (N-methyl/N-ethyl adjacent to an activating group) is 1. The van der Waals surface area contributed by atoms with Crippen molar-refractivity contribution in [2.24, 2.45) is 0 Å². The average Bonchev–Trinajstić information content (AvgIpc) is 2.98. The Hall–Kier alpha value is -3.06. The number of nitrogens with zero attached hydrogens (tertiary/aromatic N) is 3. The Morgan fingerprint density at radius 1 is 1.11 bits per heavy atom. The number of fused-ring (bicyclic) bond motifs is 3. The molecular weight excluding hydrogens is 457 g/mol. The maximum atomic E-state index is 14.4. The van der Waals surface area contributed by atoms with Gasteiger partial charge >= 0.3 is 6.03 Å². The molecule has 0 saturated carbocycles. The van der Waals surface area contributed by atoms with Crippen molar-refractivity contribution in [3.05, 3.63) is 70.2 Å². The summed E-state index contributed by atoms with van der Waals surface area (Å²) >= 11 is 0. The van der Waals surface area contributed by atoms with Crippen LogP contribution in [0.2, 0.25) is 0 Å². The standard InChI is InChI=1S/C29H36FN3O3/c1-6-33-28(34)32-18-22-15-23(35-4)16-25(36-5)27(22)20(3)14-26(32)29(33)9-11-31(12-10-29)17-21-13-19(2)7-8-24(21)30/h7-8,13-16,20H,6,9-12,17-18H2,1-5H3. The second-order valence-corrected chi connectivity index (χ2v) is 10.3. The van der Waals surface area contributed by atoms with Crippen molar-refractivity contribution in [2.75, 3.05) is 33.9 Å². The van der Waals surface area contributed by atoms with Gasteiger partial charge in [-0.2, -0.15) is 0 Å². The Labute approximate surface area is 213 Å². The number of hydrogen-bond acceptors (Lipinski definition) is 4. The first kappa shape index (κ1) is 24.6. The second-order valence-electron chi connectivity index (χ2n) is 10.3. The van der Waals surface area contributed by atoms with E-state index in [0.717, 1.165) is 65.4 Å². The predicted octanol–water partition coefficient (Wildman–Crippen LogP) is 5.44. The van der Waals surface area contributed by atoms with Crippen LogP contribution in [0.25, 0.3) is 0 Å². The molecule has 192 valence electrons. The van der Waals surface area contributed by atoms with Crippen LogP contribution in [0.3, 0.4) is 0 Å². The number of halogens is 1. The molecule has 2 aromatic carbocycles. The van der Waals surface area contributed by atoms with E-state index in [9.17, 15) is 9.18 Å². The molecule has 36 heavy (non-hydrogen) atoms. The Bertz CT molecular complexity index is 1200. The highest BCUT2D eigenvalue weighted by molar-refractivity contribution is 5.83. The largest absolute Gasteiger partial charge is 0.497 e. The minimum absolute atomic E-state index is 0.0590. The summed E-state index contributed by atoms with van der Waals surface area (Å²) in [7, 11) is 3.33. The molecule has 7 heteroatoms. The molecule has 6 nitrogen and oxygen atoms in total. The van der Waals surface area contributed by atoms with Crippen LogP contribution in [0.1, 0.15) is 54.9 Å². The normalized spacial score (nSPS) is 21.2. The van der Waals surface area contributed by atoms with Gasteiger partial charge in [0, 0.05) is 55.0 Å². The Morgan fingerprint density at radius 2 is 1.86 bits per heavy atom. The lowest BCUT2D eigenvalue weighted by Gasteiger charge is -2.44. The van der Waals surface area contributed by atoms with Crippen LogP contribution < -0.4 is 9.47 Å². The van der Waals surface area contributed by atoms with Crippen LogP contribution in [-0.4, -0.2) is 60.1 Å². The van der Waals surface area contributed by atoms with Gasteiger partial charge in [-0.25, -0.2) is 9.18 Å². The molecule has 2 saturated heterocycles.